The highest BCUT2D eigenvalue weighted by molar-refractivity contribution is 5.85. The third kappa shape index (κ3) is 2.61. The lowest BCUT2D eigenvalue weighted by atomic mass is 10.2. The van der Waals surface area contributed by atoms with Crippen LogP contribution in [0.4, 0.5) is 4.79 Å². The summed E-state index contributed by atoms with van der Waals surface area (Å²) in [7, 11) is 3.39. The molecule has 0 unspecified atom stereocenters. The molecule has 0 saturated carbocycles. The highest BCUT2D eigenvalue weighted by Crippen LogP contribution is 2.08. The van der Waals surface area contributed by atoms with Crippen LogP contribution in [0.15, 0.2) is 0 Å². The number of carbonyl (C=O) groups excluding carboxylic acids is 2. The Labute approximate surface area is 90.6 Å². The Kier molecular flexibility index (Phi) is 3.55. The van der Waals surface area contributed by atoms with Gasteiger partial charge in [0.1, 0.15) is 6.54 Å². The van der Waals surface area contributed by atoms with E-state index in [1.165, 1.54) is 4.90 Å². The molecule has 0 radical (unpaired) electrons. The van der Waals surface area contributed by atoms with Gasteiger partial charge in [-0.1, -0.05) is 0 Å². The summed E-state index contributed by atoms with van der Waals surface area (Å²) in [5, 5.41) is 0. The van der Waals surface area contributed by atoms with E-state index >= 15 is 0 Å². The lowest BCUT2D eigenvalue weighted by Gasteiger charge is -2.37. The largest absolute Gasteiger partial charge is 0.337 e. The van der Waals surface area contributed by atoms with Crippen molar-refractivity contribution in [2.75, 3.05) is 33.7 Å². The minimum absolute atomic E-state index is 0.0338. The second-order valence-corrected chi connectivity index (χ2v) is 4.28. The van der Waals surface area contributed by atoms with Crippen molar-refractivity contribution in [3.05, 3.63) is 0 Å². The minimum Gasteiger partial charge on any atom is -0.337 e. The van der Waals surface area contributed by atoms with Crippen molar-refractivity contribution in [3.8, 4) is 0 Å². The van der Waals surface area contributed by atoms with Gasteiger partial charge in [0.2, 0.25) is 5.91 Å². The number of carbonyl (C=O) groups is 2. The lowest BCUT2D eigenvalue weighted by Crippen LogP contribution is -2.56. The van der Waals surface area contributed by atoms with Gasteiger partial charge in [-0.3, -0.25) is 4.79 Å². The summed E-state index contributed by atoms with van der Waals surface area (Å²) in [5.41, 5.74) is 0. The molecule has 5 nitrogen and oxygen atoms in total. The number of hydrogen-bond donors (Lipinski definition) is 0. The van der Waals surface area contributed by atoms with Crippen LogP contribution in [0, 0.1) is 0 Å². The van der Waals surface area contributed by atoms with Crippen LogP contribution in [0.5, 0.6) is 0 Å². The molecule has 1 fully saturated rings. The second-order valence-electron chi connectivity index (χ2n) is 4.28. The molecule has 86 valence electrons. The second kappa shape index (κ2) is 4.51. The molecule has 15 heavy (non-hydrogen) atoms. The molecule has 0 atom stereocenters. The van der Waals surface area contributed by atoms with Crippen LogP contribution in [0.1, 0.15) is 13.8 Å². The smallest absolute Gasteiger partial charge is 0.320 e. The standard InChI is InChI=1S/C10H19N3O2/c1-8(2)13-6-5-12(7-9(13)14)10(15)11(3)4/h8H,5-7H2,1-4H3. The van der Waals surface area contributed by atoms with Gasteiger partial charge in [0, 0.05) is 33.2 Å². The SMILES string of the molecule is CC(C)N1CCN(C(=O)N(C)C)CC1=O. The molecule has 0 spiro atoms. The van der Waals surface area contributed by atoms with Crippen molar-refractivity contribution < 1.29 is 9.59 Å². The molecule has 5 heteroatoms. The molecule has 0 bridgehead atoms. The molecule has 1 saturated heterocycles. The zero-order valence-electron chi connectivity index (χ0n) is 9.86. The molecule has 1 aliphatic heterocycles. The van der Waals surface area contributed by atoms with Crippen LogP contribution in [0.2, 0.25) is 0 Å². The molecular formula is C10H19N3O2. The van der Waals surface area contributed by atoms with Crippen molar-refractivity contribution in [1.82, 2.24) is 14.7 Å². The fourth-order valence-electron chi connectivity index (χ4n) is 1.68. The molecular weight excluding hydrogens is 194 g/mol. The third-order valence-corrected chi connectivity index (χ3v) is 2.53. The van der Waals surface area contributed by atoms with Gasteiger partial charge in [0.15, 0.2) is 0 Å². The number of piperazine rings is 1. The number of nitrogens with zero attached hydrogens (tertiary/aromatic N) is 3. The van der Waals surface area contributed by atoms with Crippen molar-refractivity contribution in [1.29, 1.82) is 0 Å². The van der Waals surface area contributed by atoms with E-state index in [0.29, 0.717) is 13.1 Å². The van der Waals surface area contributed by atoms with Gasteiger partial charge in [-0.2, -0.15) is 0 Å². The number of hydrogen-bond acceptors (Lipinski definition) is 2. The summed E-state index contributed by atoms with van der Waals surface area (Å²) in [4.78, 5) is 28.2. The van der Waals surface area contributed by atoms with E-state index in [1.807, 2.05) is 13.8 Å². The summed E-state index contributed by atoms with van der Waals surface area (Å²) in [5.74, 6) is 0.0338. The van der Waals surface area contributed by atoms with Crippen molar-refractivity contribution in [2.45, 2.75) is 19.9 Å². The summed E-state index contributed by atoms with van der Waals surface area (Å²) < 4.78 is 0. The maximum Gasteiger partial charge on any atom is 0.320 e. The van der Waals surface area contributed by atoms with Crippen molar-refractivity contribution in [3.63, 3.8) is 0 Å². The maximum atomic E-state index is 11.7. The summed E-state index contributed by atoms with van der Waals surface area (Å²) >= 11 is 0. The molecule has 1 heterocycles. The van der Waals surface area contributed by atoms with Gasteiger partial charge in [-0.25, -0.2) is 4.79 Å². The van der Waals surface area contributed by atoms with Crippen molar-refractivity contribution in [2.24, 2.45) is 0 Å². The number of amides is 3. The van der Waals surface area contributed by atoms with Crippen LogP contribution in [0.25, 0.3) is 0 Å². The van der Waals surface area contributed by atoms with E-state index in [-0.39, 0.29) is 24.5 Å². The first-order chi connectivity index (χ1) is 6.93. The molecule has 0 N–H and O–H groups in total. The Bertz CT molecular complexity index is 263. The molecule has 3 amide bonds. The number of rotatable bonds is 1. The van der Waals surface area contributed by atoms with E-state index < -0.39 is 0 Å². The van der Waals surface area contributed by atoms with E-state index in [9.17, 15) is 9.59 Å². The monoisotopic (exact) mass is 213 g/mol. The quantitative estimate of drug-likeness (QED) is 0.625. The molecule has 0 aliphatic carbocycles. The highest BCUT2D eigenvalue weighted by Gasteiger charge is 2.28. The Morgan fingerprint density at radius 3 is 2.33 bits per heavy atom. The van der Waals surface area contributed by atoms with Crippen LogP contribution < -0.4 is 0 Å². The average Bonchev–Trinajstić information content (AvgIpc) is 2.15. The zero-order valence-corrected chi connectivity index (χ0v) is 9.86. The summed E-state index contributed by atoms with van der Waals surface area (Å²) in [6.07, 6.45) is 0. The normalized spacial score (nSPS) is 17.3. The summed E-state index contributed by atoms with van der Waals surface area (Å²) in [6, 6.07) is 0.126. The first-order valence-corrected chi connectivity index (χ1v) is 5.19. The van der Waals surface area contributed by atoms with E-state index in [2.05, 4.69) is 0 Å². The Morgan fingerprint density at radius 1 is 1.33 bits per heavy atom. The first-order valence-electron chi connectivity index (χ1n) is 5.19. The molecule has 1 aliphatic rings. The third-order valence-electron chi connectivity index (χ3n) is 2.53. The average molecular weight is 213 g/mol. The maximum absolute atomic E-state index is 11.7. The zero-order chi connectivity index (χ0) is 11.6. The van der Waals surface area contributed by atoms with Gasteiger partial charge in [0.05, 0.1) is 0 Å². The van der Waals surface area contributed by atoms with Crippen LogP contribution in [-0.4, -0.2) is 66.4 Å². The molecule has 1 rings (SSSR count). The van der Waals surface area contributed by atoms with E-state index in [4.69, 9.17) is 0 Å². The van der Waals surface area contributed by atoms with Gasteiger partial charge in [0.25, 0.3) is 0 Å². The molecule has 0 aromatic rings. The van der Waals surface area contributed by atoms with Crippen LogP contribution in [-0.2, 0) is 4.79 Å². The fraction of sp³-hybridized carbons (Fsp3) is 0.800. The predicted molar refractivity (Wildman–Crippen MR) is 57.5 cm³/mol. The Balaban J connectivity index is 2.58. The van der Waals surface area contributed by atoms with Gasteiger partial charge in [-0.05, 0) is 13.8 Å². The summed E-state index contributed by atoms with van der Waals surface area (Å²) in [6.45, 7) is 5.44. The van der Waals surface area contributed by atoms with Gasteiger partial charge in [-0.15, -0.1) is 0 Å². The highest BCUT2D eigenvalue weighted by atomic mass is 16.2. The van der Waals surface area contributed by atoms with Crippen molar-refractivity contribution >= 4 is 11.9 Å². The predicted octanol–water partition coefficient (Wildman–Crippen LogP) is 0.221. The number of urea groups is 1. The van der Waals surface area contributed by atoms with Crippen LogP contribution in [0.3, 0.4) is 0 Å². The Hall–Kier alpha value is -1.26. The fourth-order valence-corrected chi connectivity index (χ4v) is 1.68. The molecule has 0 aromatic heterocycles. The van der Waals surface area contributed by atoms with Crippen LogP contribution >= 0.6 is 0 Å². The minimum atomic E-state index is -0.0910. The van der Waals surface area contributed by atoms with E-state index in [0.717, 1.165) is 0 Å². The molecule has 0 aromatic carbocycles. The van der Waals surface area contributed by atoms with E-state index in [1.54, 1.807) is 23.9 Å². The van der Waals surface area contributed by atoms with Gasteiger partial charge < -0.3 is 14.7 Å². The van der Waals surface area contributed by atoms with Gasteiger partial charge >= 0.3 is 6.03 Å². The Morgan fingerprint density at radius 2 is 1.93 bits per heavy atom. The first kappa shape index (κ1) is 11.8. The lowest BCUT2D eigenvalue weighted by molar-refractivity contribution is -0.136. The topological polar surface area (TPSA) is 43.9 Å².